The van der Waals surface area contributed by atoms with Crippen LogP contribution in [0.5, 0.6) is 5.75 Å². The molecule has 0 radical (unpaired) electrons. The van der Waals surface area contributed by atoms with Crippen LogP contribution in [0.3, 0.4) is 0 Å². The summed E-state index contributed by atoms with van der Waals surface area (Å²) in [5.74, 6) is -0.145. The van der Waals surface area contributed by atoms with Gasteiger partial charge < -0.3 is 25.0 Å². The van der Waals surface area contributed by atoms with Crippen molar-refractivity contribution in [2.45, 2.75) is 32.4 Å². The quantitative estimate of drug-likeness (QED) is 0.695. The van der Waals surface area contributed by atoms with Crippen molar-refractivity contribution in [2.75, 3.05) is 31.4 Å². The Balaban J connectivity index is 2.14. The molecule has 0 saturated carbocycles. The number of hydrogen-bond acceptors (Lipinski definition) is 7. The third-order valence-corrected chi connectivity index (χ3v) is 4.39. The van der Waals surface area contributed by atoms with E-state index in [2.05, 4.69) is 15.3 Å². The molecule has 9 heteroatoms. The van der Waals surface area contributed by atoms with Crippen LogP contribution in [0, 0.1) is 0 Å². The number of aliphatic carboxylic acids is 1. The summed E-state index contributed by atoms with van der Waals surface area (Å²) >= 11 is 0. The normalized spacial score (nSPS) is 11.7. The van der Waals surface area contributed by atoms with Gasteiger partial charge in [0.05, 0.1) is 11.9 Å². The summed E-state index contributed by atoms with van der Waals surface area (Å²) in [4.78, 5) is 35.0. The fourth-order valence-electron chi connectivity index (χ4n) is 2.46. The summed E-state index contributed by atoms with van der Waals surface area (Å²) in [7, 11) is 5.09. The highest BCUT2D eigenvalue weighted by Gasteiger charge is 2.21. The van der Waals surface area contributed by atoms with Crippen molar-refractivity contribution in [3.05, 3.63) is 42.4 Å². The van der Waals surface area contributed by atoms with Gasteiger partial charge in [-0.15, -0.1) is 0 Å². The molecule has 9 nitrogen and oxygen atoms in total. The van der Waals surface area contributed by atoms with Crippen LogP contribution in [-0.2, 0) is 11.2 Å². The van der Waals surface area contributed by atoms with Gasteiger partial charge in [-0.2, -0.15) is 0 Å². The SMILES string of the molecule is CC(C)N(C)c1cncnc1N[C@@H](Cc1ccc(OC(=O)N(C)C)cc1)C(=O)O. The molecule has 0 unspecified atom stereocenters. The van der Waals surface area contributed by atoms with Gasteiger partial charge >= 0.3 is 12.1 Å². The predicted octanol–water partition coefficient (Wildman–Crippen LogP) is 2.49. The molecule has 1 amide bonds. The van der Waals surface area contributed by atoms with Gasteiger partial charge in [0, 0.05) is 33.6 Å². The molecular weight excluding hydrogens is 374 g/mol. The summed E-state index contributed by atoms with van der Waals surface area (Å²) in [6.07, 6.45) is 2.79. The average Bonchev–Trinajstić information content (AvgIpc) is 2.68. The van der Waals surface area contributed by atoms with Crippen molar-refractivity contribution < 1.29 is 19.4 Å². The van der Waals surface area contributed by atoms with Crippen LogP contribution >= 0.6 is 0 Å². The van der Waals surface area contributed by atoms with Crippen molar-refractivity contribution in [1.82, 2.24) is 14.9 Å². The summed E-state index contributed by atoms with van der Waals surface area (Å²) in [6, 6.07) is 6.05. The molecule has 0 aliphatic rings. The van der Waals surface area contributed by atoms with E-state index in [1.165, 1.54) is 11.2 Å². The summed E-state index contributed by atoms with van der Waals surface area (Å²) < 4.78 is 5.18. The molecule has 0 saturated heterocycles. The predicted molar refractivity (Wildman–Crippen MR) is 110 cm³/mol. The average molecular weight is 401 g/mol. The molecule has 0 fully saturated rings. The molecule has 0 bridgehead atoms. The molecule has 156 valence electrons. The molecule has 0 aliphatic carbocycles. The molecule has 2 aromatic rings. The number of carboxylic acids is 1. The molecule has 2 N–H and O–H groups in total. The van der Waals surface area contributed by atoms with E-state index in [0.717, 1.165) is 11.3 Å². The van der Waals surface area contributed by atoms with Gasteiger partial charge in [0.1, 0.15) is 18.1 Å². The molecule has 1 atom stereocenters. The van der Waals surface area contributed by atoms with E-state index < -0.39 is 18.1 Å². The molecule has 0 aliphatic heterocycles. The molecule has 29 heavy (non-hydrogen) atoms. The van der Waals surface area contributed by atoms with Gasteiger partial charge in [-0.3, -0.25) is 0 Å². The second kappa shape index (κ2) is 9.72. The lowest BCUT2D eigenvalue weighted by molar-refractivity contribution is -0.137. The Bertz CT molecular complexity index is 839. The number of carbonyl (C=O) groups is 2. The number of rotatable bonds is 8. The van der Waals surface area contributed by atoms with Crippen LogP contribution in [0.2, 0.25) is 0 Å². The molecule has 1 aromatic heterocycles. The summed E-state index contributed by atoms with van der Waals surface area (Å²) in [5.41, 5.74) is 1.50. The minimum Gasteiger partial charge on any atom is -0.480 e. The highest BCUT2D eigenvalue weighted by molar-refractivity contribution is 5.79. The number of carbonyl (C=O) groups excluding carboxylic acids is 1. The number of ether oxygens (including phenoxy) is 1. The number of anilines is 2. The highest BCUT2D eigenvalue weighted by atomic mass is 16.6. The second-order valence-electron chi connectivity index (χ2n) is 7.11. The maximum atomic E-state index is 11.8. The molecule has 0 spiro atoms. The third kappa shape index (κ3) is 6.06. The van der Waals surface area contributed by atoms with Crippen LogP contribution in [0.1, 0.15) is 19.4 Å². The van der Waals surface area contributed by atoms with E-state index in [1.54, 1.807) is 44.6 Å². The first kappa shape index (κ1) is 21.9. The molecular formula is C20H27N5O4. The first-order chi connectivity index (χ1) is 13.7. The standard InChI is InChI=1S/C20H27N5O4/c1-13(2)25(5)17-11-21-12-22-18(17)23-16(19(26)27)10-14-6-8-15(9-7-14)29-20(28)24(3)4/h6-9,11-13,16H,10H2,1-5H3,(H,26,27)(H,21,22,23)/t16-/m0/s1. The maximum Gasteiger partial charge on any atom is 0.414 e. The van der Waals surface area contributed by atoms with Gasteiger partial charge in [-0.1, -0.05) is 12.1 Å². The summed E-state index contributed by atoms with van der Waals surface area (Å²) in [6.45, 7) is 4.05. The van der Waals surface area contributed by atoms with Crippen molar-refractivity contribution in [3.63, 3.8) is 0 Å². The third-order valence-electron chi connectivity index (χ3n) is 4.39. The zero-order chi connectivity index (χ0) is 21.6. The van der Waals surface area contributed by atoms with Crippen LogP contribution in [0.25, 0.3) is 0 Å². The maximum absolute atomic E-state index is 11.8. The lowest BCUT2D eigenvalue weighted by Crippen LogP contribution is -2.34. The minimum absolute atomic E-state index is 0.197. The van der Waals surface area contributed by atoms with Crippen molar-refractivity contribution in [3.8, 4) is 5.75 Å². The zero-order valence-corrected chi connectivity index (χ0v) is 17.3. The van der Waals surface area contributed by atoms with Crippen molar-refractivity contribution in [2.24, 2.45) is 0 Å². The number of carboxylic acid groups (broad SMARTS) is 1. The smallest absolute Gasteiger partial charge is 0.414 e. The monoisotopic (exact) mass is 401 g/mol. The van der Waals surface area contributed by atoms with Crippen LogP contribution in [0.15, 0.2) is 36.8 Å². The molecule has 2 rings (SSSR count). The Morgan fingerprint density at radius 1 is 1.17 bits per heavy atom. The van der Waals surface area contributed by atoms with Crippen molar-refractivity contribution >= 4 is 23.6 Å². The van der Waals surface area contributed by atoms with E-state index in [9.17, 15) is 14.7 Å². The Morgan fingerprint density at radius 3 is 2.38 bits per heavy atom. The van der Waals surface area contributed by atoms with Gasteiger partial charge in [0.25, 0.3) is 0 Å². The van der Waals surface area contributed by atoms with Crippen molar-refractivity contribution in [1.29, 1.82) is 0 Å². The number of nitrogens with one attached hydrogen (secondary N) is 1. The first-order valence-corrected chi connectivity index (χ1v) is 9.19. The van der Waals surface area contributed by atoms with Crippen LogP contribution < -0.4 is 15.0 Å². The Morgan fingerprint density at radius 2 is 1.83 bits per heavy atom. The van der Waals surface area contributed by atoms with E-state index >= 15 is 0 Å². The largest absolute Gasteiger partial charge is 0.480 e. The van der Waals surface area contributed by atoms with Gasteiger partial charge in [0.15, 0.2) is 5.82 Å². The number of hydrogen-bond donors (Lipinski definition) is 2. The number of benzene rings is 1. The Kier molecular flexibility index (Phi) is 7.35. The van der Waals surface area contributed by atoms with E-state index in [-0.39, 0.29) is 12.5 Å². The van der Waals surface area contributed by atoms with Crippen LogP contribution in [0.4, 0.5) is 16.3 Å². The number of amides is 1. The summed E-state index contributed by atoms with van der Waals surface area (Å²) in [5, 5.41) is 12.7. The van der Waals surface area contributed by atoms with Crippen LogP contribution in [-0.4, -0.2) is 65.3 Å². The van der Waals surface area contributed by atoms with Gasteiger partial charge in [0.2, 0.25) is 0 Å². The van der Waals surface area contributed by atoms with E-state index in [1.807, 2.05) is 25.8 Å². The highest BCUT2D eigenvalue weighted by Crippen LogP contribution is 2.24. The fraction of sp³-hybridized carbons (Fsp3) is 0.400. The fourth-order valence-corrected chi connectivity index (χ4v) is 2.46. The lowest BCUT2D eigenvalue weighted by atomic mass is 10.1. The zero-order valence-electron chi connectivity index (χ0n) is 17.3. The van der Waals surface area contributed by atoms with E-state index in [0.29, 0.717) is 11.6 Å². The number of aromatic nitrogens is 2. The first-order valence-electron chi connectivity index (χ1n) is 9.19. The van der Waals surface area contributed by atoms with E-state index in [4.69, 9.17) is 4.74 Å². The Hall–Kier alpha value is -3.36. The molecule has 1 aromatic carbocycles. The van der Waals surface area contributed by atoms with Gasteiger partial charge in [-0.05, 0) is 31.5 Å². The van der Waals surface area contributed by atoms with Gasteiger partial charge in [-0.25, -0.2) is 19.6 Å². The topological polar surface area (TPSA) is 108 Å². The lowest BCUT2D eigenvalue weighted by Gasteiger charge is -2.26. The number of nitrogens with zero attached hydrogens (tertiary/aromatic N) is 4. The second-order valence-corrected chi connectivity index (χ2v) is 7.11. The minimum atomic E-state index is -0.995. The Labute approximate surface area is 170 Å². The molecule has 1 heterocycles.